The molecule has 10 heteroatoms. The Balaban J connectivity index is 1.58. The van der Waals surface area contributed by atoms with E-state index in [-0.39, 0.29) is 30.0 Å². The van der Waals surface area contributed by atoms with Gasteiger partial charge in [0.2, 0.25) is 5.91 Å². The Morgan fingerprint density at radius 2 is 1.54 bits per heavy atom. The summed E-state index contributed by atoms with van der Waals surface area (Å²) in [7, 11) is 0. The van der Waals surface area contributed by atoms with Crippen LogP contribution in [0.4, 0.5) is 5.00 Å². The molecule has 1 aliphatic rings. The predicted molar refractivity (Wildman–Crippen MR) is 163 cm³/mol. The summed E-state index contributed by atoms with van der Waals surface area (Å²) in [6.45, 7) is 6.63. The van der Waals surface area contributed by atoms with Crippen LogP contribution in [0.15, 0.2) is 29.3 Å². The molecule has 3 rings (SSSR count). The van der Waals surface area contributed by atoms with Crippen LogP contribution in [0.5, 0.6) is 0 Å². The van der Waals surface area contributed by atoms with Crippen LogP contribution in [0.3, 0.4) is 0 Å². The van der Waals surface area contributed by atoms with Gasteiger partial charge in [0.15, 0.2) is 0 Å². The molecule has 0 unspecified atom stereocenters. The smallest absolute Gasteiger partial charge is 0.261 e. The standard InChI is InChI=1S/C29H39ClN6O2S/c1-19-25-26(22-12-14-23(30)15-13-22)35-18-24(32)36(20(2)31)29(25)39-27(19)28(38)34-17-11-9-7-5-4-6-8-10-16-33-21(3)37/h12-15,31-32H,4-11,16-18H2,1-3H3,(H,33,37)(H,34,38). The second-order valence-electron chi connectivity index (χ2n) is 9.84. The van der Waals surface area contributed by atoms with Gasteiger partial charge in [-0.2, -0.15) is 0 Å². The number of amidine groups is 2. The molecule has 0 fully saturated rings. The Morgan fingerprint density at radius 1 is 0.974 bits per heavy atom. The third kappa shape index (κ3) is 8.47. The molecule has 4 N–H and O–H groups in total. The number of hydrogen-bond acceptors (Lipinski definition) is 6. The molecule has 2 amide bonds. The van der Waals surface area contributed by atoms with Gasteiger partial charge >= 0.3 is 0 Å². The van der Waals surface area contributed by atoms with Crippen molar-refractivity contribution in [1.29, 1.82) is 10.8 Å². The van der Waals surface area contributed by atoms with E-state index in [1.807, 2.05) is 19.1 Å². The SMILES string of the molecule is CC(=N)N1C(=N)CN=C(c2ccc(Cl)cc2)c2c1sc(C(=O)NCCCCCCCCCCNC(C)=O)c2C. The molecule has 1 aromatic heterocycles. The average Bonchev–Trinajstić information content (AvgIpc) is 3.13. The van der Waals surface area contributed by atoms with E-state index >= 15 is 0 Å². The molecule has 2 aromatic rings. The summed E-state index contributed by atoms with van der Waals surface area (Å²) in [6.07, 6.45) is 8.86. The third-order valence-electron chi connectivity index (χ3n) is 6.65. The van der Waals surface area contributed by atoms with Gasteiger partial charge < -0.3 is 10.6 Å². The fraction of sp³-hybridized carbons (Fsp3) is 0.483. The van der Waals surface area contributed by atoms with Crippen LogP contribution < -0.4 is 15.5 Å². The number of benzene rings is 1. The van der Waals surface area contributed by atoms with Crippen LogP contribution in [0.2, 0.25) is 5.02 Å². The number of nitrogens with one attached hydrogen (secondary N) is 4. The van der Waals surface area contributed by atoms with E-state index in [1.54, 1.807) is 30.9 Å². The van der Waals surface area contributed by atoms with Crippen LogP contribution in [0.25, 0.3) is 0 Å². The maximum absolute atomic E-state index is 13.2. The molecule has 8 nitrogen and oxygen atoms in total. The molecule has 210 valence electrons. The lowest BCUT2D eigenvalue weighted by atomic mass is 9.99. The van der Waals surface area contributed by atoms with Crippen LogP contribution in [-0.4, -0.2) is 48.8 Å². The highest BCUT2D eigenvalue weighted by molar-refractivity contribution is 7.19. The number of aliphatic imine (C=N–C) groups is 1. The average molecular weight is 571 g/mol. The van der Waals surface area contributed by atoms with Crippen molar-refractivity contribution in [2.75, 3.05) is 24.5 Å². The van der Waals surface area contributed by atoms with E-state index < -0.39 is 0 Å². The van der Waals surface area contributed by atoms with Gasteiger partial charge in [-0.05, 0) is 44.4 Å². The van der Waals surface area contributed by atoms with Crippen LogP contribution in [-0.2, 0) is 4.79 Å². The molecule has 0 saturated heterocycles. The van der Waals surface area contributed by atoms with E-state index in [4.69, 9.17) is 27.4 Å². The lowest BCUT2D eigenvalue weighted by Crippen LogP contribution is -2.35. The van der Waals surface area contributed by atoms with E-state index in [2.05, 4.69) is 10.6 Å². The molecule has 2 heterocycles. The number of thiophene rings is 1. The van der Waals surface area contributed by atoms with Crippen molar-refractivity contribution in [1.82, 2.24) is 10.6 Å². The monoisotopic (exact) mass is 570 g/mol. The number of carbonyl (C=O) groups excluding carboxylic acids is 2. The number of anilines is 1. The molecular formula is C29H39ClN6O2S. The lowest BCUT2D eigenvalue weighted by Gasteiger charge is -2.21. The minimum Gasteiger partial charge on any atom is -0.356 e. The number of hydrogen-bond donors (Lipinski definition) is 4. The number of unbranched alkanes of at least 4 members (excludes halogenated alkanes) is 7. The summed E-state index contributed by atoms with van der Waals surface area (Å²) in [4.78, 5) is 31.0. The van der Waals surface area contributed by atoms with Crippen molar-refractivity contribution in [3.63, 3.8) is 0 Å². The summed E-state index contributed by atoms with van der Waals surface area (Å²) < 4.78 is 0. The summed E-state index contributed by atoms with van der Waals surface area (Å²) in [6, 6.07) is 7.39. The molecular weight excluding hydrogens is 532 g/mol. The Morgan fingerprint density at radius 3 is 2.10 bits per heavy atom. The highest BCUT2D eigenvalue weighted by Crippen LogP contribution is 2.39. The zero-order valence-electron chi connectivity index (χ0n) is 23.1. The minimum atomic E-state index is -0.130. The number of carbonyl (C=O) groups is 2. The molecule has 0 aliphatic carbocycles. The normalized spacial score (nSPS) is 13.0. The predicted octanol–water partition coefficient (Wildman–Crippen LogP) is 6.33. The summed E-state index contributed by atoms with van der Waals surface area (Å²) >= 11 is 7.41. The fourth-order valence-corrected chi connectivity index (χ4v) is 6.06. The van der Waals surface area contributed by atoms with Gasteiger partial charge in [-0.25, -0.2) is 0 Å². The molecule has 0 radical (unpaired) electrons. The first-order chi connectivity index (χ1) is 18.7. The Bertz CT molecular complexity index is 1220. The van der Waals surface area contributed by atoms with Gasteiger partial charge in [0, 0.05) is 36.2 Å². The molecule has 0 bridgehead atoms. The molecule has 0 spiro atoms. The number of nitrogens with zero attached hydrogens (tertiary/aromatic N) is 2. The number of amides is 2. The van der Waals surface area contributed by atoms with Gasteiger partial charge in [-0.15, -0.1) is 11.3 Å². The number of halogens is 1. The van der Waals surface area contributed by atoms with Crippen molar-refractivity contribution in [3.05, 3.63) is 50.9 Å². The molecule has 0 atom stereocenters. The maximum Gasteiger partial charge on any atom is 0.261 e. The maximum atomic E-state index is 13.2. The van der Waals surface area contributed by atoms with Gasteiger partial charge in [-0.1, -0.05) is 62.3 Å². The first-order valence-electron chi connectivity index (χ1n) is 13.6. The summed E-state index contributed by atoms with van der Waals surface area (Å²) in [5.41, 5.74) is 3.16. The largest absolute Gasteiger partial charge is 0.356 e. The molecule has 39 heavy (non-hydrogen) atoms. The second kappa shape index (κ2) is 14.9. The van der Waals surface area contributed by atoms with Gasteiger partial charge in [0.25, 0.3) is 5.91 Å². The van der Waals surface area contributed by atoms with Crippen molar-refractivity contribution < 1.29 is 9.59 Å². The first kappa shape index (κ1) is 30.5. The van der Waals surface area contributed by atoms with Crippen molar-refractivity contribution in [3.8, 4) is 0 Å². The van der Waals surface area contributed by atoms with E-state index in [9.17, 15) is 9.59 Å². The van der Waals surface area contributed by atoms with E-state index in [1.165, 1.54) is 30.6 Å². The van der Waals surface area contributed by atoms with Crippen molar-refractivity contribution in [2.24, 2.45) is 4.99 Å². The number of rotatable bonds is 13. The van der Waals surface area contributed by atoms with Gasteiger partial charge in [0.05, 0.1) is 17.1 Å². The summed E-state index contributed by atoms with van der Waals surface area (Å²) in [5, 5.41) is 24.0. The Hall–Kier alpha value is -3.04. The number of fused-ring (bicyclic) bond motifs is 1. The molecule has 1 aromatic carbocycles. The second-order valence-corrected chi connectivity index (χ2v) is 11.3. The quantitative estimate of drug-likeness (QED) is 0.128. The highest BCUT2D eigenvalue weighted by atomic mass is 35.5. The Labute approximate surface area is 240 Å². The van der Waals surface area contributed by atoms with Crippen LogP contribution in [0.1, 0.15) is 91.6 Å². The fourth-order valence-electron chi connectivity index (χ4n) is 4.63. The summed E-state index contributed by atoms with van der Waals surface area (Å²) in [5.74, 6) is 0.324. The highest BCUT2D eigenvalue weighted by Gasteiger charge is 2.31. The third-order valence-corrected chi connectivity index (χ3v) is 8.18. The molecule has 1 aliphatic heterocycles. The van der Waals surface area contributed by atoms with Gasteiger partial charge in [-0.3, -0.25) is 30.3 Å². The first-order valence-corrected chi connectivity index (χ1v) is 14.8. The van der Waals surface area contributed by atoms with Crippen LogP contribution >= 0.6 is 22.9 Å². The minimum absolute atomic E-state index is 0.0341. The van der Waals surface area contributed by atoms with Crippen molar-refractivity contribution >= 4 is 57.1 Å². The van der Waals surface area contributed by atoms with Crippen molar-refractivity contribution in [2.45, 2.75) is 72.1 Å². The Kier molecular flexibility index (Phi) is 11.7. The van der Waals surface area contributed by atoms with E-state index in [0.717, 1.165) is 55.3 Å². The topological polar surface area (TPSA) is 122 Å². The van der Waals surface area contributed by atoms with E-state index in [0.29, 0.717) is 27.2 Å². The zero-order valence-corrected chi connectivity index (χ0v) is 24.7. The lowest BCUT2D eigenvalue weighted by molar-refractivity contribution is -0.118. The zero-order chi connectivity index (χ0) is 28.4. The molecule has 0 saturated carbocycles. The van der Waals surface area contributed by atoms with Crippen LogP contribution in [0, 0.1) is 17.7 Å². The van der Waals surface area contributed by atoms with Gasteiger partial charge in [0.1, 0.15) is 16.7 Å².